The van der Waals surface area contributed by atoms with Crippen molar-refractivity contribution in [3.63, 3.8) is 0 Å². The highest BCUT2D eigenvalue weighted by atomic mass is 16.2. The van der Waals surface area contributed by atoms with Crippen LogP contribution in [0.25, 0.3) is 0 Å². The van der Waals surface area contributed by atoms with Crippen molar-refractivity contribution in [3.05, 3.63) is 24.3 Å². The molecule has 0 saturated heterocycles. The van der Waals surface area contributed by atoms with Crippen molar-refractivity contribution in [2.75, 3.05) is 24.2 Å². The molecular formula is C15H24N4O. The first-order chi connectivity index (χ1) is 9.72. The highest BCUT2D eigenvalue weighted by Crippen LogP contribution is 2.27. The quantitative estimate of drug-likeness (QED) is 0.681. The molecule has 1 aliphatic carbocycles. The molecular weight excluding hydrogens is 252 g/mol. The van der Waals surface area contributed by atoms with Crippen LogP contribution in [-0.2, 0) is 0 Å². The Labute approximate surface area is 120 Å². The molecule has 1 aromatic rings. The van der Waals surface area contributed by atoms with Gasteiger partial charge < -0.3 is 21.7 Å². The van der Waals surface area contributed by atoms with E-state index in [-0.39, 0.29) is 6.03 Å². The Morgan fingerprint density at radius 3 is 2.50 bits per heavy atom. The SMILES string of the molecule is CNC(=O)Nc1ccc(NC2CCCCC2CN)cc1. The first-order valence-electron chi connectivity index (χ1n) is 7.28. The van der Waals surface area contributed by atoms with Crippen LogP contribution in [0.2, 0.25) is 0 Å². The number of amides is 2. The highest BCUT2D eigenvalue weighted by Gasteiger charge is 2.23. The predicted octanol–water partition coefficient (Wildman–Crippen LogP) is 2.37. The highest BCUT2D eigenvalue weighted by molar-refractivity contribution is 5.89. The maximum atomic E-state index is 11.2. The van der Waals surface area contributed by atoms with Gasteiger partial charge in [0.05, 0.1) is 0 Å². The van der Waals surface area contributed by atoms with E-state index in [1.165, 1.54) is 25.7 Å². The summed E-state index contributed by atoms with van der Waals surface area (Å²) in [5.41, 5.74) is 7.71. The van der Waals surface area contributed by atoms with Crippen molar-refractivity contribution in [1.82, 2.24) is 5.32 Å². The van der Waals surface area contributed by atoms with Crippen LogP contribution < -0.4 is 21.7 Å². The zero-order valence-electron chi connectivity index (χ0n) is 12.0. The topological polar surface area (TPSA) is 79.2 Å². The number of anilines is 2. The Bertz CT molecular complexity index is 432. The van der Waals surface area contributed by atoms with E-state index >= 15 is 0 Å². The molecule has 2 rings (SSSR count). The van der Waals surface area contributed by atoms with E-state index in [4.69, 9.17) is 5.73 Å². The Balaban J connectivity index is 1.94. The fraction of sp³-hybridized carbons (Fsp3) is 0.533. The third-order valence-corrected chi connectivity index (χ3v) is 3.93. The largest absolute Gasteiger partial charge is 0.382 e. The van der Waals surface area contributed by atoms with Gasteiger partial charge in [-0.1, -0.05) is 12.8 Å². The molecule has 0 spiro atoms. The van der Waals surface area contributed by atoms with Crippen LogP contribution >= 0.6 is 0 Å². The van der Waals surface area contributed by atoms with Crippen LogP contribution in [0.15, 0.2) is 24.3 Å². The van der Waals surface area contributed by atoms with Crippen LogP contribution in [0.4, 0.5) is 16.2 Å². The van der Waals surface area contributed by atoms with Gasteiger partial charge in [-0.05, 0) is 49.6 Å². The predicted molar refractivity (Wildman–Crippen MR) is 82.9 cm³/mol. The van der Waals surface area contributed by atoms with Gasteiger partial charge in [0.1, 0.15) is 0 Å². The lowest BCUT2D eigenvalue weighted by Crippen LogP contribution is -2.36. The summed E-state index contributed by atoms with van der Waals surface area (Å²) in [7, 11) is 1.60. The van der Waals surface area contributed by atoms with Gasteiger partial charge in [-0.15, -0.1) is 0 Å². The van der Waals surface area contributed by atoms with Crippen LogP contribution in [0.1, 0.15) is 25.7 Å². The molecule has 110 valence electrons. The van der Waals surface area contributed by atoms with Crippen molar-refractivity contribution in [2.24, 2.45) is 11.7 Å². The van der Waals surface area contributed by atoms with Gasteiger partial charge in [-0.3, -0.25) is 0 Å². The molecule has 0 aromatic heterocycles. The molecule has 1 fully saturated rings. The molecule has 5 nitrogen and oxygen atoms in total. The second kappa shape index (κ2) is 7.14. The monoisotopic (exact) mass is 276 g/mol. The zero-order valence-corrected chi connectivity index (χ0v) is 12.0. The van der Waals surface area contributed by atoms with E-state index in [1.54, 1.807) is 7.05 Å². The molecule has 20 heavy (non-hydrogen) atoms. The standard InChI is InChI=1S/C15H24N4O/c1-17-15(20)19-13-8-6-12(7-9-13)18-14-5-3-2-4-11(14)10-16/h6-9,11,14,18H,2-5,10,16H2,1H3,(H2,17,19,20). The fourth-order valence-electron chi connectivity index (χ4n) is 2.74. The molecule has 2 atom stereocenters. The van der Waals surface area contributed by atoms with Gasteiger partial charge in [-0.25, -0.2) is 4.79 Å². The molecule has 1 aromatic carbocycles. The summed E-state index contributed by atoms with van der Waals surface area (Å²) in [5, 5.41) is 8.84. The summed E-state index contributed by atoms with van der Waals surface area (Å²) in [6.45, 7) is 0.744. The van der Waals surface area contributed by atoms with Gasteiger partial charge in [0.25, 0.3) is 0 Å². The Morgan fingerprint density at radius 2 is 1.85 bits per heavy atom. The lowest BCUT2D eigenvalue weighted by atomic mass is 9.84. The maximum absolute atomic E-state index is 11.2. The second-order valence-corrected chi connectivity index (χ2v) is 5.31. The lowest BCUT2D eigenvalue weighted by Gasteiger charge is -2.32. The van der Waals surface area contributed by atoms with Crippen molar-refractivity contribution < 1.29 is 4.79 Å². The molecule has 0 heterocycles. The third kappa shape index (κ3) is 3.87. The summed E-state index contributed by atoms with van der Waals surface area (Å²) in [6.07, 6.45) is 4.95. The first-order valence-corrected chi connectivity index (χ1v) is 7.28. The minimum Gasteiger partial charge on any atom is -0.382 e. The van der Waals surface area contributed by atoms with E-state index in [9.17, 15) is 4.79 Å². The van der Waals surface area contributed by atoms with E-state index in [2.05, 4.69) is 16.0 Å². The summed E-state index contributed by atoms with van der Waals surface area (Å²) in [5.74, 6) is 0.562. The maximum Gasteiger partial charge on any atom is 0.318 e. The minimum absolute atomic E-state index is 0.207. The second-order valence-electron chi connectivity index (χ2n) is 5.31. The van der Waals surface area contributed by atoms with Crippen LogP contribution in [0.3, 0.4) is 0 Å². The average Bonchev–Trinajstić information content (AvgIpc) is 2.49. The Hall–Kier alpha value is -1.75. The van der Waals surface area contributed by atoms with Crippen molar-refractivity contribution >= 4 is 17.4 Å². The third-order valence-electron chi connectivity index (χ3n) is 3.93. The number of nitrogens with two attached hydrogens (primary N) is 1. The van der Waals surface area contributed by atoms with Crippen LogP contribution in [-0.4, -0.2) is 25.7 Å². The van der Waals surface area contributed by atoms with E-state index in [0.29, 0.717) is 12.0 Å². The summed E-state index contributed by atoms with van der Waals surface area (Å²) < 4.78 is 0. The Kier molecular flexibility index (Phi) is 5.24. The summed E-state index contributed by atoms with van der Waals surface area (Å²) >= 11 is 0. The number of hydrogen-bond acceptors (Lipinski definition) is 3. The molecule has 0 bridgehead atoms. The molecule has 0 aliphatic heterocycles. The molecule has 2 unspecified atom stereocenters. The van der Waals surface area contributed by atoms with Gasteiger partial charge >= 0.3 is 6.03 Å². The number of benzene rings is 1. The van der Waals surface area contributed by atoms with E-state index in [1.807, 2.05) is 24.3 Å². The Morgan fingerprint density at radius 1 is 1.20 bits per heavy atom. The smallest absolute Gasteiger partial charge is 0.318 e. The zero-order chi connectivity index (χ0) is 14.4. The first kappa shape index (κ1) is 14.7. The van der Waals surface area contributed by atoms with E-state index < -0.39 is 0 Å². The summed E-state index contributed by atoms with van der Waals surface area (Å²) in [4.78, 5) is 11.2. The lowest BCUT2D eigenvalue weighted by molar-refractivity contribution is 0.254. The van der Waals surface area contributed by atoms with Crippen LogP contribution in [0, 0.1) is 5.92 Å². The molecule has 0 radical (unpaired) electrons. The number of carbonyl (C=O) groups is 1. The van der Waals surface area contributed by atoms with Crippen molar-refractivity contribution in [3.8, 4) is 0 Å². The summed E-state index contributed by atoms with van der Waals surface area (Å²) in [6, 6.07) is 8.05. The van der Waals surface area contributed by atoms with Gasteiger partial charge in [-0.2, -0.15) is 0 Å². The number of rotatable bonds is 4. The number of urea groups is 1. The van der Waals surface area contributed by atoms with Gasteiger partial charge in [0, 0.05) is 24.5 Å². The van der Waals surface area contributed by atoms with E-state index in [0.717, 1.165) is 17.9 Å². The molecule has 2 amide bonds. The number of hydrogen-bond donors (Lipinski definition) is 4. The number of carbonyl (C=O) groups excluding carboxylic acids is 1. The normalized spacial score (nSPS) is 22.1. The number of nitrogens with one attached hydrogen (secondary N) is 3. The molecule has 1 aliphatic rings. The van der Waals surface area contributed by atoms with Crippen molar-refractivity contribution in [1.29, 1.82) is 0 Å². The van der Waals surface area contributed by atoms with Gasteiger partial charge in [0.2, 0.25) is 0 Å². The van der Waals surface area contributed by atoms with Crippen LogP contribution in [0.5, 0.6) is 0 Å². The minimum atomic E-state index is -0.207. The van der Waals surface area contributed by atoms with Crippen molar-refractivity contribution in [2.45, 2.75) is 31.7 Å². The average molecular weight is 276 g/mol. The van der Waals surface area contributed by atoms with Gasteiger partial charge in [0.15, 0.2) is 0 Å². The molecule has 1 saturated carbocycles. The molecule has 5 heteroatoms. The molecule has 5 N–H and O–H groups in total. The fourth-order valence-corrected chi connectivity index (χ4v) is 2.74.